The molecule has 0 radical (unpaired) electrons. The van der Waals surface area contributed by atoms with E-state index in [1.165, 1.54) is 56.9 Å². The second-order valence-corrected chi connectivity index (χ2v) is 6.80. The van der Waals surface area contributed by atoms with Gasteiger partial charge in [0.25, 0.3) is 0 Å². The summed E-state index contributed by atoms with van der Waals surface area (Å²) in [6.07, 6.45) is 15.3. The van der Waals surface area contributed by atoms with Crippen molar-refractivity contribution < 1.29 is 0 Å². The van der Waals surface area contributed by atoms with Gasteiger partial charge in [0.15, 0.2) is 0 Å². The fourth-order valence-electron chi connectivity index (χ4n) is 3.76. The van der Waals surface area contributed by atoms with Gasteiger partial charge in [0.05, 0.1) is 6.20 Å². The molecule has 1 saturated carbocycles. The highest BCUT2D eigenvalue weighted by Gasteiger charge is 2.28. The SMILES string of the molecule is CCCCC1CCC(C(NCCC)c2cnn(C)c2)CC1. The van der Waals surface area contributed by atoms with E-state index in [0.29, 0.717) is 6.04 Å². The van der Waals surface area contributed by atoms with Gasteiger partial charge in [-0.15, -0.1) is 0 Å². The summed E-state index contributed by atoms with van der Waals surface area (Å²) in [6, 6.07) is 0.505. The maximum absolute atomic E-state index is 4.37. The minimum absolute atomic E-state index is 0.505. The first-order chi connectivity index (χ1) is 10.2. The summed E-state index contributed by atoms with van der Waals surface area (Å²) in [5.41, 5.74) is 1.38. The third kappa shape index (κ3) is 4.84. The number of rotatable bonds is 8. The molecule has 120 valence electrons. The predicted octanol–water partition coefficient (Wildman–Crippen LogP) is 4.46. The highest BCUT2D eigenvalue weighted by atomic mass is 15.2. The average Bonchev–Trinajstić information content (AvgIpc) is 2.93. The molecule has 2 rings (SSSR count). The van der Waals surface area contributed by atoms with Gasteiger partial charge >= 0.3 is 0 Å². The molecule has 1 fully saturated rings. The Morgan fingerprint density at radius 2 is 2.00 bits per heavy atom. The highest BCUT2D eigenvalue weighted by molar-refractivity contribution is 5.12. The van der Waals surface area contributed by atoms with Crippen molar-refractivity contribution in [3.8, 4) is 0 Å². The number of aryl methyl sites for hydroxylation is 1. The van der Waals surface area contributed by atoms with E-state index < -0.39 is 0 Å². The molecule has 0 bridgehead atoms. The van der Waals surface area contributed by atoms with E-state index in [4.69, 9.17) is 0 Å². The van der Waals surface area contributed by atoms with Crippen molar-refractivity contribution in [1.29, 1.82) is 0 Å². The fraction of sp³-hybridized carbons (Fsp3) is 0.833. The molecule has 1 atom stereocenters. The van der Waals surface area contributed by atoms with Gasteiger partial charge in [-0.1, -0.05) is 46.0 Å². The molecular formula is C18H33N3. The molecule has 1 aliphatic rings. The van der Waals surface area contributed by atoms with Crippen LogP contribution >= 0.6 is 0 Å². The number of hydrogen-bond acceptors (Lipinski definition) is 2. The molecular weight excluding hydrogens is 258 g/mol. The molecule has 1 heterocycles. The zero-order valence-corrected chi connectivity index (χ0v) is 14.1. The van der Waals surface area contributed by atoms with E-state index in [1.807, 2.05) is 11.7 Å². The molecule has 3 nitrogen and oxygen atoms in total. The molecule has 1 unspecified atom stereocenters. The molecule has 1 aromatic heterocycles. The van der Waals surface area contributed by atoms with Crippen LogP contribution in [-0.4, -0.2) is 16.3 Å². The summed E-state index contributed by atoms with van der Waals surface area (Å²) in [5, 5.41) is 8.15. The van der Waals surface area contributed by atoms with Gasteiger partial charge in [0, 0.05) is 24.8 Å². The molecule has 0 aromatic carbocycles. The lowest BCUT2D eigenvalue weighted by molar-refractivity contribution is 0.213. The first-order valence-electron chi connectivity index (χ1n) is 8.96. The number of nitrogens with one attached hydrogen (secondary N) is 1. The Hall–Kier alpha value is -0.830. The number of nitrogens with zero attached hydrogens (tertiary/aromatic N) is 2. The van der Waals surface area contributed by atoms with Gasteiger partial charge in [0.2, 0.25) is 0 Å². The van der Waals surface area contributed by atoms with E-state index in [2.05, 4.69) is 36.7 Å². The first kappa shape index (κ1) is 16.5. The second kappa shape index (κ2) is 8.57. The van der Waals surface area contributed by atoms with Gasteiger partial charge in [-0.2, -0.15) is 5.10 Å². The Bertz CT molecular complexity index is 391. The van der Waals surface area contributed by atoms with Crippen LogP contribution in [0.4, 0.5) is 0 Å². The molecule has 3 heteroatoms. The van der Waals surface area contributed by atoms with Crippen molar-refractivity contribution in [2.24, 2.45) is 18.9 Å². The highest BCUT2D eigenvalue weighted by Crippen LogP contribution is 2.38. The maximum atomic E-state index is 4.37. The molecule has 0 saturated heterocycles. The van der Waals surface area contributed by atoms with Gasteiger partial charge in [-0.25, -0.2) is 0 Å². The van der Waals surface area contributed by atoms with Crippen LogP contribution in [0.15, 0.2) is 12.4 Å². The molecule has 1 aromatic rings. The van der Waals surface area contributed by atoms with Crippen molar-refractivity contribution >= 4 is 0 Å². The summed E-state index contributed by atoms with van der Waals surface area (Å²) in [6.45, 7) is 5.66. The largest absolute Gasteiger partial charge is 0.310 e. The smallest absolute Gasteiger partial charge is 0.0537 e. The lowest BCUT2D eigenvalue weighted by Gasteiger charge is -2.34. The Morgan fingerprint density at radius 3 is 2.57 bits per heavy atom. The molecule has 1 aliphatic carbocycles. The van der Waals surface area contributed by atoms with E-state index in [-0.39, 0.29) is 0 Å². The molecule has 21 heavy (non-hydrogen) atoms. The number of unbranched alkanes of at least 4 members (excludes halogenated alkanes) is 1. The van der Waals surface area contributed by atoms with Gasteiger partial charge in [-0.3, -0.25) is 4.68 Å². The van der Waals surface area contributed by atoms with Crippen molar-refractivity contribution in [3.05, 3.63) is 18.0 Å². The monoisotopic (exact) mass is 291 g/mol. The zero-order valence-electron chi connectivity index (χ0n) is 14.1. The number of hydrogen-bond donors (Lipinski definition) is 1. The Morgan fingerprint density at radius 1 is 1.24 bits per heavy atom. The molecule has 1 N–H and O–H groups in total. The molecule has 0 aliphatic heterocycles. The molecule has 0 spiro atoms. The van der Waals surface area contributed by atoms with Crippen LogP contribution in [-0.2, 0) is 7.05 Å². The van der Waals surface area contributed by atoms with E-state index in [0.717, 1.165) is 18.4 Å². The van der Waals surface area contributed by atoms with Crippen molar-refractivity contribution in [2.75, 3.05) is 6.54 Å². The summed E-state index contributed by atoms with van der Waals surface area (Å²) < 4.78 is 1.93. The third-order valence-corrected chi connectivity index (χ3v) is 5.03. The standard InChI is InChI=1S/C18H33N3/c1-4-6-7-15-8-10-16(11-9-15)18(19-12-5-2)17-13-20-21(3)14-17/h13-16,18-19H,4-12H2,1-3H3. The van der Waals surface area contributed by atoms with Crippen LogP contribution in [0.2, 0.25) is 0 Å². The Kier molecular flexibility index (Phi) is 6.75. The van der Waals surface area contributed by atoms with Crippen LogP contribution in [0.5, 0.6) is 0 Å². The van der Waals surface area contributed by atoms with Crippen molar-refractivity contribution in [1.82, 2.24) is 15.1 Å². The summed E-state index contributed by atoms with van der Waals surface area (Å²) in [4.78, 5) is 0. The van der Waals surface area contributed by atoms with Gasteiger partial charge < -0.3 is 5.32 Å². The predicted molar refractivity (Wildman–Crippen MR) is 89.2 cm³/mol. The van der Waals surface area contributed by atoms with E-state index in [9.17, 15) is 0 Å². The fourth-order valence-corrected chi connectivity index (χ4v) is 3.76. The zero-order chi connectivity index (χ0) is 15.1. The van der Waals surface area contributed by atoms with Crippen molar-refractivity contribution in [3.63, 3.8) is 0 Å². The Labute approximate surface area is 130 Å². The van der Waals surface area contributed by atoms with Gasteiger partial charge in [0.1, 0.15) is 0 Å². The van der Waals surface area contributed by atoms with Crippen LogP contribution in [0.25, 0.3) is 0 Å². The average molecular weight is 291 g/mol. The lowest BCUT2D eigenvalue weighted by atomic mass is 9.75. The summed E-state index contributed by atoms with van der Waals surface area (Å²) in [7, 11) is 2.02. The quantitative estimate of drug-likeness (QED) is 0.766. The van der Waals surface area contributed by atoms with E-state index >= 15 is 0 Å². The van der Waals surface area contributed by atoms with Crippen LogP contribution in [0.1, 0.15) is 76.8 Å². The maximum Gasteiger partial charge on any atom is 0.0537 e. The minimum atomic E-state index is 0.505. The summed E-state index contributed by atoms with van der Waals surface area (Å²) >= 11 is 0. The van der Waals surface area contributed by atoms with Crippen molar-refractivity contribution in [2.45, 2.75) is 71.3 Å². The Balaban J connectivity index is 1.92. The third-order valence-electron chi connectivity index (χ3n) is 5.03. The lowest BCUT2D eigenvalue weighted by Crippen LogP contribution is -2.31. The molecule has 0 amide bonds. The van der Waals surface area contributed by atoms with Crippen LogP contribution < -0.4 is 5.32 Å². The number of aromatic nitrogens is 2. The normalized spacial score (nSPS) is 24.1. The minimum Gasteiger partial charge on any atom is -0.310 e. The summed E-state index contributed by atoms with van der Waals surface area (Å²) in [5.74, 6) is 1.78. The topological polar surface area (TPSA) is 29.9 Å². The van der Waals surface area contributed by atoms with E-state index in [1.54, 1.807) is 0 Å². The van der Waals surface area contributed by atoms with Crippen LogP contribution in [0.3, 0.4) is 0 Å². The van der Waals surface area contributed by atoms with Gasteiger partial charge in [-0.05, 0) is 37.6 Å². The second-order valence-electron chi connectivity index (χ2n) is 6.80. The van der Waals surface area contributed by atoms with Crippen LogP contribution in [0, 0.1) is 11.8 Å². The first-order valence-corrected chi connectivity index (χ1v) is 8.96.